The molecule has 0 radical (unpaired) electrons. The van der Waals surface area contributed by atoms with Crippen molar-refractivity contribution >= 4 is 17.2 Å². The number of amides is 1. The van der Waals surface area contributed by atoms with E-state index in [1.807, 2.05) is 24.4 Å². The maximum atomic E-state index is 12.3. The number of rotatable bonds is 3. The van der Waals surface area contributed by atoms with E-state index in [1.54, 1.807) is 6.92 Å². The summed E-state index contributed by atoms with van der Waals surface area (Å²) in [6.45, 7) is 3.66. The van der Waals surface area contributed by atoms with Crippen molar-refractivity contribution in [3.05, 3.63) is 51.3 Å². The number of carbonyl (C=O) groups is 1. The lowest BCUT2D eigenvalue weighted by Crippen LogP contribution is -2.27. The van der Waals surface area contributed by atoms with Gasteiger partial charge in [-0.15, -0.1) is 11.3 Å². The summed E-state index contributed by atoms with van der Waals surface area (Å²) < 4.78 is 5.04. The quantitative estimate of drug-likeness (QED) is 0.792. The van der Waals surface area contributed by atoms with E-state index >= 15 is 0 Å². The first-order chi connectivity index (χ1) is 11.6. The third-order valence-corrected chi connectivity index (χ3v) is 5.08. The van der Waals surface area contributed by atoms with Gasteiger partial charge in [-0.2, -0.15) is 4.98 Å². The summed E-state index contributed by atoms with van der Waals surface area (Å²) in [5, 5.41) is 9.44. The number of carbonyl (C=O) groups excluding carboxylic acids is 1. The minimum atomic E-state index is -0.108. The van der Waals surface area contributed by atoms with Gasteiger partial charge in [0.2, 0.25) is 11.7 Å². The highest BCUT2D eigenvalue weighted by atomic mass is 32.1. The first-order valence-corrected chi connectivity index (χ1v) is 8.64. The highest BCUT2D eigenvalue weighted by Crippen LogP contribution is 2.34. The van der Waals surface area contributed by atoms with Crippen LogP contribution >= 0.6 is 11.3 Å². The van der Waals surface area contributed by atoms with E-state index in [-0.39, 0.29) is 11.9 Å². The minimum absolute atomic E-state index is 0.0257. The molecular weight excluding hydrogens is 324 g/mol. The largest absolute Gasteiger partial charge is 0.343 e. The first-order valence-electron chi connectivity index (χ1n) is 7.76. The van der Waals surface area contributed by atoms with E-state index in [2.05, 4.69) is 26.5 Å². The van der Waals surface area contributed by atoms with Crippen molar-refractivity contribution in [2.45, 2.75) is 32.7 Å². The van der Waals surface area contributed by atoms with Gasteiger partial charge in [-0.3, -0.25) is 4.79 Å². The molecule has 4 rings (SSSR count). The lowest BCUT2D eigenvalue weighted by atomic mass is 10.0. The zero-order chi connectivity index (χ0) is 16.7. The summed E-state index contributed by atoms with van der Waals surface area (Å²) in [7, 11) is 0. The molecule has 0 bridgehead atoms. The van der Waals surface area contributed by atoms with Crippen molar-refractivity contribution in [1.82, 2.24) is 20.4 Å². The van der Waals surface area contributed by atoms with Gasteiger partial charge in [0.15, 0.2) is 5.01 Å². The topological polar surface area (TPSA) is 80.9 Å². The lowest BCUT2D eigenvalue weighted by molar-refractivity contribution is 0.0936. The van der Waals surface area contributed by atoms with Gasteiger partial charge >= 0.3 is 0 Å². The molecule has 1 aromatic carbocycles. The molecule has 3 aromatic rings. The second-order valence-electron chi connectivity index (χ2n) is 5.91. The van der Waals surface area contributed by atoms with E-state index in [0.29, 0.717) is 16.7 Å². The Morgan fingerprint density at radius 3 is 2.92 bits per heavy atom. The Labute approximate surface area is 142 Å². The van der Waals surface area contributed by atoms with E-state index < -0.39 is 0 Å². The van der Waals surface area contributed by atoms with Gasteiger partial charge in [0, 0.05) is 23.6 Å². The predicted molar refractivity (Wildman–Crippen MR) is 89.9 cm³/mol. The summed E-state index contributed by atoms with van der Waals surface area (Å²) in [5.74, 6) is 1.04. The van der Waals surface area contributed by atoms with Gasteiger partial charge in [-0.05, 0) is 37.0 Å². The molecule has 6 nitrogen and oxygen atoms in total. The van der Waals surface area contributed by atoms with Gasteiger partial charge in [0.05, 0.1) is 6.04 Å². The van der Waals surface area contributed by atoms with Crippen LogP contribution in [0.25, 0.3) is 11.4 Å². The van der Waals surface area contributed by atoms with Crippen LogP contribution in [0.2, 0.25) is 0 Å². The fourth-order valence-electron chi connectivity index (χ4n) is 3.00. The number of nitrogens with zero attached hydrogens (tertiary/aromatic N) is 3. The molecule has 1 atom stereocenters. The second kappa shape index (κ2) is 5.83. The van der Waals surface area contributed by atoms with Crippen molar-refractivity contribution in [2.24, 2.45) is 0 Å². The number of aromatic nitrogens is 3. The van der Waals surface area contributed by atoms with Crippen molar-refractivity contribution in [1.29, 1.82) is 0 Å². The molecule has 2 heterocycles. The summed E-state index contributed by atoms with van der Waals surface area (Å²) in [6.07, 6.45) is 1.81. The molecule has 1 N–H and O–H groups in total. The Balaban J connectivity index is 1.55. The molecule has 0 aliphatic heterocycles. The van der Waals surface area contributed by atoms with Crippen molar-refractivity contribution < 1.29 is 9.32 Å². The van der Waals surface area contributed by atoms with Gasteiger partial charge in [0.25, 0.3) is 5.91 Å². The Hall–Kier alpha value is -2.54. The van der Waals surface area contributed by atoms with Crippen molar-refractivity contribution in [3.63, 3.8) is 0 Å². The normalized spacial score (nSPS) is 16.2. The van der Waals surface area contributed by atoms with Gasteiger partial charge in [-0.1, -0.05) is 17.3 Å². The maximum Gasteiger partial charge on any atom is 0.280 e. The molecule has 1 unspecified atom stereocenters. The molecule has 0 spiro atoms. The van der Waals surface area contributed by atoms with Gasteiger partial charge in [-0.25, -0.2) is 4.98 Å². The number of hydrogen-bond donors (Lipinski definition) is 1. The number of benzene rings is 1. The Kier molecular flexibility index (Phi) is 3.65. The second-order valence-corrected chi connectivity index (χ2v) is 6.77. The summed E-state index contributed by atoms with van der Waals surface area (Å²) in [4.78, 5) is 20.8. The first kappa shape index (κ1) is 15.0. The number of thiazole rings is 1. The van der Waals surface area contributed by atoms with Gasteiger partial charge in [0.1, 0.15) is 0 Å². The van der Waals surface area contributed by atoms with E-state index in [9.17, 15) is 4.79 Å². The van der Waals surface area contributed by atoms with Crippen LogP contribution in [0.5, 0.6) is 0 Å². The Morgan fingerprint density at radius 1 is 1.33 bits per heavy atom. The van der Waals surface area contributed by atoms with Gasteiger partial charge < -0.3 is 9.84 Å². The molecule has 7 heteroatoms. The molecule has 1 amide bonds. The fraction of sp³-hybridized carbons (Fsp3) is 0.294. The van der Waals surface area contributed by atoms with Crippen molar-refractivity contribution in [2.75, 3.05) is 0 Å². The fourth-order valence-corrected chi connectivity index (χ4v) is 3.70. The molecule has 2 aromatic heterocycles. The smallest absolute Gasteiger partial charge is 0.280 e. The van der Waals surface area contributed by atoms with Crippen LogP contribution in [0.15, 0.2) is 28.1 Å². The molecule has 122 valence electrons. The zero-order valence-corrected chi connectivity index (χ0v) is 14.2. The highest BCUT2D eigenvalue weighted by molar-refractivity contribution is 7.11. The number of fused-ring (bicyclic) bond motifs is 1. The SMILES string of the molecule is Cc1csc(C(=O)NC2CCc3cc(-c4noc(C)n4)ccc32)n1. The van der Waals surface area contributed by atoms with Crippen LogP contribution in [0.4, 0.5) is 0 Å². The van der Waals surface area contributed by atoms with Crippen LogP contribution in [-0.4, -0.2) is 21.0 Å². The van der Waals surface area contributed by atoms with Crippen LogP contribution < -0.4 is 5.32 Å². The summed E-state index contributed by atoms with van der Waals surface area (Å²) in [5.41, 5.74) is 4.18. The zero-order valence-electron chi connectivity index (χ0n) is 13.4. The highest BCUT2D eigenvalue weighted by Gasteiger charge is 2.26. The average molecular weight is 340 g/mol. The monoisotopic (exact) mass is 340 g/mol. The lowest BCUT2D eigenvalue weighted by Gasteiger charge is -2.13. The van der Waals surface area contributed by atoms with Crippen LogP contribution in [0.3, 0.4) is 0 Å². The Bertz CT molecular complexity index is 915. The van der Waals surface area contributed by atoms with Crippen molar-refractivity contribution in [3.8, 4) is 11.4 Å². The van der Waals surface area contributed by atoms with E-state index in [4.69, 9.17) is 4.52 Å². The number of hydrogen-bond acceptors (Lipinski definition) is 6. The van der Waals surface area contributed by atoms with Crippen LogP contribution in [0, 0.1) is 13.8 Å². The molecule has 0 fully saturated rings. The molecule has 1 aliphatic rings. The molecular formula is C17H16N4O2S. The minimum Gasteiger partial charge on any atom is -0.343 e. The molecule has 0 saturated heterocycles. The molecule has 0 saturated carbocycles. The van der Waals surface area contributed by atoms with E-state index in [1.165, 1.54) is 16.9 Å². The number of nitrogens with one attached hydrogen (secondary N) is 1. The Morgan fingerprint density at radius 2 is 2.21 bits per heavy atom. The predicted octanol–water partition coefficient (Wildman–Crippen LogP) is 3.23. The summed E-state index contributed by atoms with van der Waals surface area (Å²) >= 11 is 1.37. The summed E-state index contributed by atoms with van der Waals surface area (Å²) in [6, 6.07) is 6.12. The standard InChI is InChI=1S/C17H16N4O2S/c1-9-8-24-17(18-9)16(22)20-14-6-4-11-7-12(3-5-13(11)14)15-19-10(2)23-21-15/h3,5,7-8,14H,4,6H2,1-2H3,(H,20,22). The number of aryl methyl sites for hydroxylation is 3. The molecule has 1 aliphatic carbocycles. The third-order valence-electron chi connectivity index (χ3n) is 4.13. The van der Waals surface area contributed by atoms with E-state index in [0.717, 1.165) is 29.7 Å². The maximum absolute atomic E-state index is 12.3. The molecule has 24 heavy (non-hydrogen) atoms. The van der Waals surface area contributed by atoms with Crippen LogP contribution in [-0.2, 0) is 6.42 Å². The third kappa shape index (κ3) is 2.71. The average Bonchev–Trinajstić information content (AvgIpc) is 3.28. The van der Waals surface area contributed by atoms with Crippen LogP contribution in [0.1, 0.15) is 45.0 Å².